The van der Waals surface area contributed by atoms with Crippen LogP contribution in [0.5, 0.6) is 0 Å². The molecule has 6 nitrogen and oxygen atoms in total. The van der Waals surface area contributed by atoms with Crippen molar-refractivity contribution in [1.29, 1.82) is 0 Å². The van der Waals surface area contributed by atoms with Crippen molar-refractivity contribution in [2.45, 2.75) is 51.3 Å². The quantitative estimate of drug-likeness (QED) is 0.561. The number of ether oxygens (including phenoxy) is 1. The van der Waals surface area contributed by atoms with Crippen LogP contribution in [0.1, 0.15) is 33.6 Å². The van der Waals surface area contributed by atoms with Crippen LogP contribution >= 0.6 is 27.5 Å². The Morgan fingerprint density at radius 1 is 1.25 bits per heavy atom. The summed E-state index contributed by atoms with van der Waals surface area (Å²) in [5, 5.41) is 1.21. The first-order valence-electron chi connectivity index (χ1n) is 9.21. The fraction of sp³-hybridized carbons (Fsp3) is 0.526. The van der Waals surface area contributed by atoms with Crippen LogP contribution in [0.4, 0.5) is 15.0 Å². The van der Waals surface area contributed by atoms with E-state index in [2.05, 4.69) is 25.9 Å². The molecule has 0 saturated carbocycles. The summed E-state index contributed by atoms with van der Waals surface area (Å²) < 4.78 is 20.3. The molecule has 2 aliphatic heterocycles. The molecule has 2 saturated heterocycles. The van der Waals surface area contributed by atoms with Crippen LogP contribution in [0.2, 0.25) is 5.02 Å². The van der Waals surface area contributed by atoms with Crippen molar-refractivity contribution in [3.8, 4) is 0 Å². The maximum absolute atomic E-state index is 14.1. The van der Waals surface area contributed by atoms with E-state index in [1.807, 2.05) is 30.6 Å². The van der Waals surface area contributed by atoms with E-state index in [1.165, 1.54) is 0 Å². The van der Waals surface area contributed by atoms with Crippen LogP contribution in [0.25, 0.3) is 10.9 Å². The predicted molar refractivity (Wildman–Crippen MR) is 109 cm³/mol. The first-order chi connectivity index (χ1) is 13.1. The van der Waals surface area contributed by atoms with Gasteiger partial charge in [-0.15, -0.1) is 0 Å². The topological polar surface area (TPSA) is 58.6 Å². The second kappa shape index (κ2) is 6.99. The Labute approximate surface area is 176 Å². The number of benzene rings is 1. The summed E-state index contributed by atoms with van der Waals surface area (Å²) in [6, 6.07) is 3.45. The molecule has 2 aliphatic rings. The Kier molecular flexibility index (Phi) is 4.90. The molecule has 2 atom stereocenters. The molecule has 1 aromatic carbocycles. The number of amides is 1. The molecule has 1 amide bonds. The Morgan fingerprint density at radius 3 is 2.50 bits per heavy atom. The summed E-state index contributed by atoms with van der Waals surface area (Å²) in [5.41, 5.74) is -0.0512. The number of hydrogen-bond acceptors (Lipinski definition) is 5. The molecule has 1 aromatic heterocycles. The van der Waals surface area contributed by atoms with Gasteiger partial charge < -0.3 is 9.64 Å². The summed E-state index contributed by atoms with van der Waals surface area (Å²) in [5.74, 6) is 0.512. The Bertz CT molecular complexity index is 938. The van der Waals surface area contributed by atoms with Crippen LogP contribution in [-0.2, 0) is 4.74 Å². The highest BCUT2D eigenvalue weighted by Gasteiger charge is 2.45. The van der Waals surface area contributed by atoms with E-state index in [-0.39, 0.29) is 18.2 Å². The van der Waals surface area contributed by atoms with Gasteiger partial charge in [0, 0.05) is 22.9 Å². The monoisotopic (exact) mass is 470 g/mol. The van der Waals surface area contributed by atoms with Crippen LogP contribution < -0.4 is 4.90 Å². The Balaban J connectivity index is 1.65. The predicted octanol–water partition coefficient (Wildman–Crippen LogP) is 4.77. The Hall–Kier alpha value is -1.67. The third-order valence-electron chi connectivity index (χ3n) is 5.08. The van der Waals surface area contributed by atoms with E-state index in [9.17, 15) is 9.18 Å². The molecule has 0 N–H and O–H groups in total. The third kappa shape index (κ3) is 3.64. The second-order valence-corrected chi connectivity index (χ2v) is 9.54. The van der Waals surface area contributed by atoms with Gasteiger partial charge in [0.1, 0.15) is 11.4 Å². The molecule has 2 bridgehead atoms. The molecule has 150 valence electrons. The number of carbonyl (C=O) groups excluding carboxylic acids is 1. The molecule has 28 heavy (non-hydrogen) atoms. The number of hydrogen-bond donors (Lipinski definition) is 0. The van der Waals surface area contributed by atoms with Gasteiger partial charge in [-0.2, -0.15) is 9.37 Å². The lowest BCUT2D eigenvalue weighted by molar-refractivity contribution is 0.0123. The lowest BCUT2D eigenvalue weighted by Crippen LogP contribution is -2.57. The largest absolute Gasteiger partial charge is 0.444 e. The minimum Gasteiger partial charge on any atom is -0.444 e. The number of rotatable bonds is 1. The molecule has 2 unspecified atom stereocenters. The molecule has 4 rings (SSSR count). The smallest absolute Gasteiger partial charge is 0.410 e. The van der Waals surface area contributed by atoms with E-state index in [4.69, 9.17) is 16.3 Å². The minimum absolute atomic E-state index is 0.00703. The van der Waals surface area contributed by atoms with Gasteiger partial charge in [-0.25, -0.2) is 9.78 Å². The molecule has 0 spiro atoms. The Morgan fingerprint density at radius 2 is 1.89 bits per heavy atom. The standard InChI is InChI=1S/C19H21BrClFN4O2/c1-19(2,3)28-18(27)26-10-4-5-11(26)9-25(8-10)16-12-6-14(21)13(20)7-15(12)23-17(22)24-16/h6-7,10-11H,4-5,8-9H2,1-3H3. The molecule has 0 aliphatic carbocycles. The first-order valence-corrected chi connectivity index (χ1v) is 10.4. The summed E-state index contributed by atoms with van der Waals surface area (Å²) in [6.07, 6.45) is 0.708. The summed E-state index contributed by atoms with van der Waals surface area (Å²) in [6.45, 7) is 6.71. The van der Waals surface area contributed by atoms with E-state index >= 15 is 0 Å². The highest BCUT2D eigenvalue weighted by Crippen LogP contribution is 2.37. The van der Waals surface area contributed by atoms with Crippen molar-refractivity contribution in [3.05, 3.63) is 27.7 Å². The fourth-order valence-corrected chi connectivity index (χ4v) is 4.50. The van der Waals surface area contributed by atoms with E-state index in [1.54, 1.807) is 12.1 Å². The molecule has 0 radical (unpaired) electrons. The van der Waals surface area contributed by atoms with Gasteiger partial charge in [-0.05, 0) is 61.7 Å². The number of aromatic nitrogens is 2. The van der Waals surface area contributed by atoms with Gasteiger partial charge >= 0.3 is 12.2 Å². The van der Waals surface area contributed by atoms with Crippen molar-refractivity contribution in [3.63, 3.8) is 0 Å². The van der Waals surface area contributed by atoms with Gasteiger partial charge in [0.25, 0.3) is 0 Å². The summed E-state index contributed by atoms with van der Waals surface area (Å²) in [4.78, 5) is 24.5. The lowest BCUT2D eigenvalue weighted by atomic mass is 10.1. The second-order valence-electron chi connectivity index (χ2n) is 8.28. The maximum atomic E-state index is 14.1. The molecular weight excluding hydrogens is 451 g/mol. The van der Waals surface area contributed by atoms with Crippen LogP contribution in [0.3, 0.4) is 0 Å². The minimum atomic E-state index is -0.779. The van der Waals surface area contributed by atoms with Crippen molar-refractivity contribution < 1.29 is 13.9 Å². The van der Waals surface area contributed by atoms with Crippen LogP contribution in [0.15, 0.2) is 16.6 Å². The maximum Gasteiger partial charge on any atom is 0.410 e. The summed E-state index contributed by atoms with van der Waals surface area (Å²) in [7, 11) is 0. The third-order valence-corrected chi connectivity index (χ3v) is 6.27. The average molecular weight is 472 g/mol. The van der Waals surface area contributed by atoms with Gasteiger partial charge in [0.2, 0.25) is 0 Å². The van der Waals surface area contributed by atoms with Crippen molar-refractivity contribution in [2.24, 2.45) is 0 Å². The molecular formula is C19H21BrClFN4O2. The van der Waals surface area contributed by atoms with Crippen molar-refractivity contribution in [2.75, 3.05) is 18.0 Å². The molecule has 2 fully saturated rings. The number of piperazine rings is 1. The van der Waals surface area contributed by atoms with E-state index in [0.29, 0.717) is 39.3 Å². The van der Waals surface area contributed by atoms with Gasteiger partial charge in [-0.3, -0.25) is 4.90 Å². The number of carbonyl (C=O) groups is 1. The van der Waals surface area contributed by atoms with Gasteiger partial charge in [0.05, 0.1) is 22.6 Å². The zero-order valence-electron chi connectivity index (χ0n) is 15.9. The number of halogens is 3. The van der Waals surface area contributed by atoms with Gasteiger partial charge in [-0.1, -0.05) is 11.6 Å². The van der Waals surface area contributed by atoms with Crippen LogP contribution in [-0.4, -0.2) is 51.7 Å². The normalized spacial score (nSPS) is 22.1. The molecule has 2 aromatic rings. The molecule has 3 heterocycles. The lowest BCUT2D eigenvalue weighted by Gasteiger charge is -2.42. The first kappa shape index (κ1) is 19.6. The number of fused-ring (bicyclic) bond motifs is 3. The number of nitrogens with zero attached hydrogens (tertiary/aromatic N) is 4. The summed E-state index contributed by atoms with van der Waals surface area (Å²) >= 11 is 9.60. The van der Waals surface area contributed by atoms with Crippen molar-refractivity contribution in [1.82, 2.24) is 14.9 Å². The van der Waals surface area contributed by atoms with E-state index < -0.39 is 11.7 Å². The highest BCUT2D eigenvalue weighted by atomic mass is 79.9. The zero-order chi connectivity index (χ0) is 20.2. The average Bonchev–Trinajstić information content (AvgIpc) is 2.85. The zero-order valence-corrected chi connectivity index (χ0v) is 18.2. The van der Waals surface area contributed by atoms with Gasteiger partial charge in [0.15, 0.2) is 0 Å². The molecule has 9 heteroatoms. The SMILES string of the molecule is CC(C)(C)OC(=O)N1C2CCC1CN(c1nc(F)nc3cc(Br)c(Cl)cc13)C2. The van der Waals surface area contributed by atoms with Crippen LogP contribution in [0, 0.1) is 6.08 Å². The van der Waals surface area contributed by atoms with Crippen molar-refractivity contribution >= 4 is 50.3 Å². The fourth-order valence-electron chi connectivity index (χ4n) is 4.01. The highest BCUT2D eigenvalue weighted by molar-refractivity contribution is 9.10. The number of anilines is 1. The van der Waals surface area contributed by atoms with E-state index in [0.717, 1.165) is 12.8 Å².